The van der Waals surface area contributed by atoms with Gasteiger partial charge in [0, 0.05) is 17.6 Å². The number of halogens is 1. The Labute approximate surface area is 146 Å². The van der Waals surface area contributed by atoms with E-state index in [0.717, 1.165) is 42.1 Å². The Morgan fingerprint density at radius 1 is 1.16 bits per heavy atom. The van der Waals surface area contributed by atoms with E-state index in [4.69, 9.17) is 4.74 Å². The van der Waals surface area contributed by atoms with Crippen LogP contribution < -0.4 is 0 Å². The third kappa shape index (κ3) is 2.72. The third-order valence-electron chi connectivity index (χ3n) is 5.03. The molecule has 0 saturated carbocycles. The summed E-state index contributed by atoms with van der Waals surface area (Å²) in [6.45, 7) is 0.553. The average Bonchev–Trinajstić information content (AvgIpc) is 2.95. The predicted molar refractivity (Wildman–Crippen MR) is 95.4 cm³/mol. The lowest BCUT2D eigenvalue weighted by Gasteiger charge is -2.16. The number of carbonyl (C=O) groups is 1. The van der Waals surface area contributed by atoms with Crippen molar-refractivity contribution in [1.82, 2.24) is 4.57 Å². The minimum atomic E-state index is -0.332. The molecule has 0 saturated heterocycles. The van der Waals surface area contributed by atoms with Crippen LogP contribution in [0.5, 0.6) is 0 Å². The first-order valence-electron chi connectivity index (χ1n) is 8.64. The molecule has 1 heterocycles. The highest BCUT2D eigenvalue weighted by molar-refractivity contribution is 6.04. The number of para-hydroxylation sites is 1. The van der Waals surface area contributed by atoms with E-state index in [1.54, 1.807) is 12.1 Å². The molecule has 0 N–H and O–H groups in total. The van der Waals surface area contributed by atoms with Crippen LogP contribution in [0.4, 0.5) is 4.39 Å². The molecule has 128 valence electrons. The fourth-order valence-electron chi connectivity index (χ4n) is 3.96. The molecule has 0 unspecified atom stereocenters. The Hall–Kier alpha value is -2.62. The molecule has 4 rings (SSSR count). The molecule has 4 heteroatoms. The van der Waals surface area contributed by atoms with E-state index in [2.05, 4.69) is 10.6 Å². The van der Waals surface area contributed by atoms with Gasteiger partial charge in [-0.1, -0.05) is 24.3 Å². The van der Waals surface area contributed by atoms with Crippen LogP contribution in [0, 0.1) is 5.82 Å². The molecule has 0 aliphatic heterocycles. The maximum atomic E-state index is 13.6. The minimum Gasteiger partial charge on any atom is -0.465 e. The number of aromatic nitrogens is 1. The summed E-state index contributed by atoms with van der Waals surface area (Å²) in [4.78, 5) is 12.3. The lowest BCUT2D eigenvalue weighted by molar-refractivity contribution is 0.0602. The number of esters is 1. The van der Waals surface area contributed by atoms with Crippen molar-refractivity contribution in [2.75, 3.05) is 7.11 Å². The van der Waals surface area contributed by atoms with E-state index in [1.807, 2.05) is 18.2 Å². The van der Waals surface area contributed by atoms with Crippen LogP contribution >= 0.6 is 0 Å². The van der Waals surface area contributed by atoms with Gasteiger partial charge in [-0.05, 0) is 55.0 Å². The van der Waals surface area contributed by atoms with E-state index in [1.165, 1.54) is 24.4 Å². The van der Waals surface area contributed by atoms with Crippen molar-refractivity contribution in [3.63, 3.8) is 0 Å². The monoisotopic (exact) mass is 337 g/mol. The number of fused-ring (bicyclic) bond motifs is 3. The fourth-order valence-corrected chi connectivity index (χ4v) is 3.96. The summed E-state index contributed by atoms with van der Waals surface area (Å²) in [5.41, 5.74) is 4.96. The molecule has 0 amide bonds. The van der Waals surface area contributed by atoms with E-state index < -0.39 is 0 Å². The smallest absolute Gasteiger partial charge is 0.340 e. The Bertz CT molecular complexity index is 958. The fraction of sp³-hybridized carbons (Fsp3) is 0.286. The Morgan fingerprint density at radius 3 is 2.76 bits per heavy atom. The molecule has 0 bridgehead atoms. The van der Waals surface area contributed by atoms with E-state index in [9.17, 15) is 9.18 Å². The Morgan fingerprint density at radius 2 is 1.96 bits per heavy atom. The zero-order valence-electron chi connectivity index (χ0n) is 14.2. The van der Waals surface area contributed by atoms with Crippen molar-refractivity contribution in [3.05, 3.63) is 70.7 Å². The molecule has 0 fully saturated rings. The first-order chi connectivity index (χ1) is 12.2. The molecular formula is C21H20FNO2. The molecule has 0 atom stereocenters. The zero-order chi connectivity index (χ0) is 17.4. The zero-order valence-corrected chi connectivity index (χ0v) is 14.2. The van der Waals surface area contributed by atoms with E-state index in [0.29, 0.717) is 12.1 Å². The van der Waals surface area contributed by atoms with Gasteiger partial charge in [0.15, 0.2) is 0 Å². The number of benzene rings is 2. The van der Waals surface area contributed by atoms with E-state index in [-0.39, 0.29) is 11.8 Å². The Balaban J connectivity index is 1.96. The molecular weight excluding hydrogens is 317 g/mol. The summed E-state index contributed by atoms with van der Waals surface area (Å²) in [6.07, 6.45) is 4.31. The number of carbonyl (C=O) groups excluding carboxylic acids is 1. The normalized spacial score (nSPS) is 13.7. The van der Waals surface area contributed by atoms with E-state index >= 15 is 0 Å². The van der Waals surface area contributed by atoms with Gasteiger partial charge < -0.3 is 9.30 Å². The summed E-state index contributed by atoms with van der Waals surface area (Å²) >= 11 is 0. The van der Waals surface area contributed by atoms with Gasteiger partial charge in [-0.25, -0.2) is 9.18 Å². The number of aryl methyl sites for hydroxylation is 1. The van der Waals surface area contributed by atoms with Crippen LogP contribution in [0.1, 0.15) is 40.0 Å². The summed E-state index contributed by atoms with van der Waals surface area (Å²) in [5.74, 6) is -0.572. The average molecular weight is 337 g/mol. The van der Waals surface area contributed by atoms with Crippen LogP contribution in [0.3, 0.4) is 0 Å². The van der Waals surface area contributed by atoms with Crippen molar-refractivity contribution in [2.24, 2.45) is 0 Å². The second-order valence-corrected chi connectivity index (χ2v) is 6.54. The largest absolute Gasteiger partial charge is 0.465 e. The molecule has 3 aromatic rings. The van der Waals surface area contributed by atoms with Gasteiger partial charge in [-0.15, -0.1) is 0 Å². The summed E-state index contributed by atoms with van der Waals surface area (Å²) in [5, 5.41) is 1.12. The number of hydrogen-bond acceptors (Lipinski definition) is 2. The third-order valence-corrected chi connectivity index (χ3v) is 5.03. The number of ether oxygens (including phenoxy) is 1. The second-order valence-electron chi connectivity index (χ2n) is 6.54. The molecule has 3 nitrogen and oxygen atoms in total. The van der Waals surface area contributed by atoms with Gasteiger partial charge in [-0.2, -0.15) is 0 Å². The molecule has 1 aromatic heterocycles. The van der Waals surface area contributed by atoms with Crippen molar-refractivity contribution in [2.45, 2.75) is 32.2 Å². The lowest BCUT2D eigenvalue weighted by Crippen LogP contribution is -2.11. The molecule has 1 aliphatic carbocycles. The lowest BCUT2D eigenvalue weighted by atomic mass is 9.95. The first kappa shape index (κ1) is 15.9. The topological polar surface area (TPSA) is 31.2 Å². The maximum absolute atomic E-state index is 13.6. The van der Waals surface area contributed by atoms with Crippen molar-refractivity contribution in [1.29, 1.82) is 0 Å². The van der Waals surface area contributed by atoms with Crippen LogP contribution in [0.25, 0.3) is 10.9 Å². The van der Waals surface area contributed by atoms with Crippen LogP contribution in [0.15, 0.2) is 42.5 Å². The van der Waals surface area contributed by atoms with Gasteiger partial charge >= 0.3 is 5.97 Å². The number of rotatable bonds is 3. The SMILES string of the molecule is COC(=O)c1cccc2c3c(n(Cc4cccc(F)c4)c12)CCCC3. The molecule has 0 spiro atoms. The summed E-state index contributed by atoms with van der Waals surface area (Å²) in [7, 11) is 1.40. The molecule has 1 aliphatic rings. The van der Waals surface area contributed by atoms with Crippen LogP contribution in [0.2, 0.25) is 0 Å². The van der Waals surface area contributed by atoms with Crippen LogP contribution in [-0.4, -0.2) is 17.6 Å². The van der Waals surface area contributed by atoms with Gasteiger partial charge in [0.2, 0.25) is 0 Å². The number of hydrogen-bond donors (Lipinski definition) is 0. The predicted octanol–water partition coefficient (Wildman–Crippen LogP) is 4.49. The minimum absolute atomic E-state index is 0.240. The standard InChI is InChI=1S/C21H20FNO2/c1-25-21(24)18-10-5-9-17-16-8-2-3-11-19(16)23(20(17)18)13-14-6-4-7-15(22)12-14/h4-7,9-10,12H,2-3,8,11,13H2,1H3. The molecule has 2 aromatic carbocycles. The quantitative estimate of drug-likeness (QED) is 0.659. The van der Waals surface area contributed by atoms with Gasteiger partial charge in [0.25, 0.3) is 0 Å². The van der Waals surface area contributed by atoms with Crippen molar-refractivity contribution in [3.8, 4) is 0 Å². The summed E-state index contributed by atoms with van der Waals surface area (Å²) < 4.78 is 20.8. The molecule has 25 heavy (non-hydrogen) atoms. The van der Waals surface area contributed by atoms with Gasteiger partial charge in [0.05, 0.1) is 18.2 Å². The number of methoxy groups -OCH3 is 1. The highest BCUT2D eigenvalue weighted by atomic mass is 19.1. The first-order valence-corrected chi connectivity index (χ1v) is 8.64. The summed E-state index contributed by atoms with van der Waals surface area (Å²) in [6, 6.07) is 12.5. The number of nitrogens with zero attached hydrogens (tertiary/aromatic N) is 1. The maximum Gasteiger partial charge on any atom is 0.340 e. The Kier molecular flexibility index (Phi) is 4.04. The van der Waals surface area contributed by atoms with Crippen molar-refractivity contribution >= 4 is 16.9 Å². The van der Waals surface area contributed by atoms with Gasteiger partial charge in [-0.3, -0.25) is 0 Å². The van der Waals surface area contributed by atoms with Gasteiger partial charge in [0.1, 0.15) is 5.82 Å². The highest BCUT2D eigenvalue weighted by Gasteiger charge is 2.24. The van der Waals surface area contributed by atoms with Crippen molar-refractivity contribution < 1.29 is 13.9 Å². The second kappa shape index (κ2) is 6.36. The van der Waals surface area contributed by atoms with Crippen LogP contribution in [-0.2, 0) is 24.1 Å². The highest BCUT2D eigenvalue weighted by Crippen LogP contribution is 2.34. The molecule has 0 radical (unpaired) electrons.